The summed E-state index contributed by atoms with van der Waals surface area (Å²) in [7, 11) is 1.20. The molecule has 0 N–H and O–H groups in total. The minimum atomic E-state index is -0.416. The van der Waals surface area contributed by atoms with Crippen molar-refractivity contribution in [3.05, 3.63) is 22.7 Å². The standard InChI is InChI=1S/C14H19BBrClO3.2C2H6/c1-13(2)14(3,4)20-15(19-13)10-6-9(8-16)12(18-5)11(17)7-10;2*1-2/h6-7H,8H2,1-5H3;2*1-2H3. The molecule has 3 nitrogen and oxygen atoms in total. The summed E-state index contributed by atoms with van der Waals surface area (Å²) < 4.78 is 17.4. The van der Waals surface area contributed by atoms with E-state index in [0.29, 0.717) is 16.1 Å². The van der Waals surface area contributed by atoms with Gasteiger partial charge >= 0.3 is 7.12 Å². The van der Waals surface area contributed by atoms with Crippen LogP contribution in [0.2, 0.25) is 5.02 Å². The summed E-state index contributed by atoms with van der Waals surface area (Å²) in [6, 6.07) is 3.84. The molecule has 0 aromatic heterocycles. The van der Waals surface area contributed by atoms with Crippen LogP contribution in [0.15, 0.2) is 12.1 Å². The second-order valence-corrected chi connectivity index (χ2v) is 6.88. The lowest BCUT2D eigenvalue weighted by molar-refractivity contribution is 0.00578. The number of methoxy groups -OCH3 is 1. The Balaban J connectivity index is 0.00000123. The largest absolute Gasteiger partial charge is 0.495 e. The third-order valence-corrected chi connectivity index (χ3v) is 4.90. The summed E-state index contributed by atoms with van der Waals surface area (Å²) in [6.45, 7) is 16.1. The first-order valence-electron chi connectivity index (χ1n) is 8.50. The fourth-order valence-electron chi connectivity index (χ4n) is 2.12. The molecule has 0 amide bonds. The Morgan fingerprint density at radius 3 is 1.88 bits per heavy atom. The molecular formula is C18H31BBrClO3. The molecule has 0 atom stereocenters. The Kier molecular flexibility index (Phi) is 9.96. The van der Waals surface area contributed by atoms with Crippen LogP contribution in [0.4, 0.5) is 0 Å². The van der Waals surface area contributed by atoms with Crippen LogP contribution in [-0.2, 0) is 14.6 Å². The van der Waals surface area contributed by atoms with Crippen molar-refractivity contribution in [2.75, 3.05) is 7.11 Å². The van der Waals surface area contributed by atoms with E-state index in [-0.39, 0.29) is 11.2 Å². The van der Waals surface area contributed by atoms with Gasteiger partial charge in [-0.2, -0.15) is 0 Å². The number of alkyl halides is 1. The van der Waals surface area contributed by atoms with Crippen molar-refractivity contribution in [2.24, 2.45) is 0 Å². The lowest BCUT2D eigenvalue weighted by atomic mass is 9.78. The molecule has 0 bridgehead atoms. The summed E-state index contributed by atoms with van der Waals surface area (Å²) in [6.07, 6.45) is 0. The van der Waals surface area contributed by atoms with Crippen molar-refractivity contribution in [3.63, 3.8) is 0 Å². The van der Waals surface area contributed by atoms with Crippen molar-refractivity contribution in [2.45, 2.75) is 71.9 Å². The van der Waals surface area contributed by atoms with E-state index in [1.165, 1.54) is 0 Å². The molecule has 1 aliphatic rings. The quantitative estimate of drug-likeness (QED) is 0.470. The summed E-state index contributed by atoms with van der Waals surface area (Å²) in [5.74, 6) is 0.684. The number of hydrogen-bond donors (Lipinski definition) is 0. The van der Waals surface area contributed by atoms with Gasteiger partial charge in [0, 0.05) is 10.9 Å². The van der Waals surface area contributed by atoms with E-state index < -0.39 is 7.12 Å². The van der Waals surface area contributed by atoms with Crippen molar-refractivity contribution in [1.29, 1.82) is 0 Å². The highest BCUT2D eigenvalue weighted by atomic mass is 79.9. The molecule has 1 aromatic carbocycles. The first-order chi connectivity index (χ1) is 11.2. The normalized spacial score (nSPS) is 17.4. The highest BCUT2D eigenvalue weighted by Crippen LogP contribution is 2.37. The Bertz CT molecular complexity index is 505. The molecular weight excluding hydrogens is 390 g/mol. The van der Waals surface area contributed by atoms with Crippen LogP contribution in [0.3, 0.4) is 0 Å². The van der Waals surface area contributed by atoms with Gasteiger partial charge in [-0.1, -0.05) is 61.3 Å². The van der Waals surface area contributed by atoms with Crippen LogP contribution in [0.1, 0.15) is 61.0 Å². The molecule has 0 saturated carbocycles. The summed E-state index contributed by atoms with van der Waals surface area (Å²) in [5.41, 5.74) is 1.16. The topological polar surface area (TPSA) is 27.7 Å². The third kappa shape index (κ3) is 5.14. The van der Waals surface area contributed by atoms with Gasteiger partial charge in [0.15, 0.2) is 0 Å². The van der Waals surface area contributed by atoms with Crippen LogP contribution >= 0.6 is 27.5 Å². The van der Waals surface area contributed by atoms with Gasteiger partial charge in [-0.25, -0.2) is 0 Å². The molecule has 1 aromatic rings. The molecule has 0 radical (unpaired) electrons. The summed E-state index contributed by atoms with van der Waals surface area (Å²) in [4.78, 5) is 0. The van der Waals surface area contributed by atoms with Crippen LogP contribution in [0.5, 0.6) is 5.75 Å². The third-order valence-electron chi connectivity index (χ3n) is 4.02. The fraction of sp³-hybridized carbons (Fsp3) is 0.667. The Morgan fingerprint density at radius 1 is 1.04 bits per heavy atom. The van der Waals surface area contributed by atoms with Gasteiger partial charge in [0.1, 0.15) is 5.75 Å². The molecule has 2 rings (SSSR count). The van der Waals surface area contributed by atoms with Gasteiger partial charge in [-0.05, 0) is 39.2 Å². The zero-order valence-corrected chi connectivity index (χ0v) is 18.8. The van der Waals surface area contributed by atoms with Crippen LogP contribution in [0, 0.1) is 0 Å². The molecule has 1 aliphatic heterocycles. The number of benzene rings is 1. The Hall–Kier alpha value is -0.225. The highest BCUT2D eigenvalue weighted by molar-refractivity contribution is 9.08. The van der Waals surface area contributed by atoms with E-state index in [1.807, 2.05) is 67.5 Å². The van der Waals surface area contributed by atoms with Crippen LogP contribution in [-0.4, -0.2) is 25.4 Å². The van der Waals surface area contributed by atoms with E-state index in [0.717, 1.165) is 11.0 Å². The second kappa shape index (κ2) is 10.1. The molecule has 0 unspecified atom stereocenters. The molecule has 1 saturated heterocycles. The first-order valence-corrected chi connectivity index (χ1v) is 9.99. The lowest BCUT2D eigenvalue weighted by Gasteiger charge is -2.32. The summed E-state index contributed by atoms with van der Waals surface area (Å²) >= 11 is 9.73. The van der Waals surface area contributed by atoms with Gasteiger partial charge in [-0.3, -0.25) is 0 Å². The second-order valence-electron chi connectivity index (χ2n) is 5.92. The zero-order valence-electron chi connectivity index (χ0n) is 16.4. The Labute approximate surface area is 161 Å². The van der Waals surface area contributed by atoms with Gasteiger partial charge in [-0.15, -0.1) is 0 Å². The minimum absolute atomic E-state index is 0.362. The van der Waals surface area contributed by atoms with Crippen molar-refractivity contribution < 1.29 is 14.0 Å². The molecule has 0 spiro atoms. The maximum Gasteiger partial charge on any atom is 0.494 e. The summed E-state index contributed by atoms with van der Waals surface area (Å²) in [5, 5.41) is 1.22. The SMILES string of the molecule is CC.CC.COc1c(Cl)cc(B2OC(C)(C)C(C)(C)O2)cc1CBr. The van der Waals surface area contributed by atoms with Crippen LogP contribution < -0.4 is 10.2 Å². The predicted octanol–water partition coefficient (Wildman–Crippen LogP) is 5.60. The fourth-order valence-corrected chi connectivity index (χ4v) is 2.86. The van der Waals surface area contributed by atoms with E-state index in [2.05, 4.69) is 15.9 Å². The monoisotopic (exact) mass is 420 g/mol. The maximum atomic E-state index is 6.28. The number of rotatable bonds is 3. The van der Waals surface area contributed by atoms with E-state index in [1.54, 1.807) is 7.11 Å². The number of ether oxygens (including phenoxy) is 1. The van der Waals surface area contributed by atoms with Gasteiger partial charge in [0.25, 0.3) is 0 Å². The van der Waals surface area contributed by atoms with Crippen molar-refractivity contribution in [3.8, 4) is 5.75 Å². The maximum absolute atomic E-state index is 6.28. The van der Waals surface area contributed by atoms with E-state index in [4.69, 9.17) is 25.6 Å². The highest BCUT2D eigenvalue weighted by Gasteiger charge is 2.51. The predicted molar refractivity (Wildman–Crippen MR) is 109 cm³/mol. The average Bonchev–Trinajstić information content (AvgIpc) is 2.78. The van der Waals surface area contributed by atoms with Crippen LogP contribution in [0.25, 0.3) is 0 Å². The average molecular weight is 422 g/mol. The minimum Gasteiger partial charge on any atom is -0.495 e. The molecule has 24 heavy (non-hydrogen) atoms. The van der Waals surface area contributed by atoms with Gasteiger partial charge in [0.05, 0.1) is 23.3 Å². The number of hydrogen-bond acceptors (Lipinski definition) is 3. The molecule has 138 valence electrons. The molecule has 1 fully saturated rings. The van der Waals surface area contributed by atoms with E-state index >= 15 is 0 Å². The van der Waals surface area contributed by atoms with Crippen molar-refractivity contribution >= 4 is 40.1 Å². The van der Waals surface area contributed by atoms with Gasteiger partial charge < -0.3 is 14.0 Å². The lowest BCUT2D eigenvalue weighted by Crippen LogP contribution is -2.41. The molecule has 1 heterocycles. The zero-order chi connectivity index (χ0) is 19.1. The molecule has 0 aliphatic carbocycles. The first kappa shape index (κ1) is 23.8. The number of halogens is 2. The van der Waals surface area contributed by atoms with Gasteiger partial charge in [0.2, 0.25) is 0 Å². The van der Waals surface area contributed by atoms with Crippen molar-refractivity contribution in [1.82, 2.24) is 0 Å². The smallest absolute Gasteiger partial charge is 0.494 e. The molecule has 6 heteroatoms. The van der Waals surface area contributed by atoms with E-state index in [9.17, 15) is 0 Å². The Morgan fingerprint density at radius 2 is 1.50 bits per heavy atom.